The molecule has 1 N–H and O–H groups in total. The van der Waals surface area contributed by atoms with Crippen LogP contribution in [0.15, 0.2) is 46.9 Å². The summed E-state index contributed by atoms with van der Waals surface area (Å²) in [6, 6.07) is 14.9. The highest BCUT2D eigenvalue weighted by molar-refractivity contribution is 9.10. The summed E-state index contributed by atoms with van der Waals surface area (Å²) >= 11 is 3.51. The van der Waals surface area contributed by atoms with Crippen molar-refractivity contribution in [1.82, 2.24) is 0 Å². The van der Waals surface area contributed by atoms with E-state index >= 15 is 0 Å². The van der Waals surface area contributed by atoms with Crippen LogP contribution >= 0.6 is 15.9 Å². The number of rotatable bonds is 5. The lowest BCUT2D eigenvalue weighted by atomic mass is 10.1. The molecule has 0 spiro atoms. The molecule has 3 rings (SSSR count). The molecule has 0 bridgehead atoms. The molecule has 2 aromatic carbocycles. The van der Waals surface area contributed by atoms with Crippen molar-refractivity contribution < 1.29 is 4.74 Å². The number of ether oxygens (including phenoxy) is 1. The number of hydrogen-bond acceptors (Lipinski definition) is 2. The van der Waals surface area contributed by atoms with E-state index in [1.54, 1.807) is 7.11 Å². The maximum absolute atomic E-state index is 5.24. The third-order valence-electron chi connectivity index (χ3n) is 3.65. The minimum absolute atomic E-state index is 0.810. The zero-order valence-electron chi connectivity index (χ0n) is 11.5. The molecular formula is C17H18BrNO. The summed E-state index contributed by atoms with van der Waals surface area (Å²) in [4.78, 5) is 0. The first kappa shape index (κ1) is 13.5. The largest absolute Gasteiger partial charge is 0.496 e. The number of hydrogen-bond donors (Lipinski definition) is 1. The second-order valence-electron chi connectivity index (χ2n) is 5.22. The van der Waals surface area contributed by atoms with Crippen LogP contribution in [0.2, 0.25) is 0 Å². The van der Waals surface area contributed by atoms with Crippen LogP contribution in [0.5, 0.6) is 5.75 Å². The third kappa shape index (κ3) is 3.15. The Bertz CT molecular complexity index is 608. The van der Waals surface area contributed by atoms with Crippen molar-refractivity contribution in [2.24, 2.45) is 0 Å². The van der Waals surface area contributed by atoms with Gasteiger partial charge in [-0.25, -0.2) is 0 Å². The van der Waals surface area contributed by atoms with Gasteiger partial charge in [0, 0.05) is 12.2 Å². The molecule has 3 heteroatoms. The number of nitrogens with one attached hydrogen (secondary N) is 1. The predicted molar refractivity (Wildman–Crippen MR) is 86.4 cm³/mol. The van der Waals surface area contributed by atoms with E-state index in [0.29, 0.717) is 0 Å². The van der Waals surface area contributed by atoms with Crippen LogP contribution in [0.4, 0.5) is 5.69 Å². The average Bonchev–Trinajstić information content (AvgIpc) is 3.30. The SMILES string of the molecule is COc1ccc(NCc2cccc(C3CC3)c2)cc1Br. The van der Waals surface area contributed by atoms with Crippen LogP contribution in [-0.2, 0) is 6.54 Å². The van der Waals surface area contributed by atoms with Gasteiger partial charge in [0.1, 0.15) is 5.75 Å². The molecule has 1 aliphatic carbocycles. The van der Waals surface area contributed by atoms with E-state index < -0.39 is 0 Å². The van der Waals surface area contributed by atoms with Gasteiger partial charge in [-0.2, -0.15) is 0 Å². The molecule has 20 heavy (non-hydrogen) atoms. The number of benzene rings is 2. The number of anilines is 1. The molecule has 2 nitrogen and oxygen atoms in total. The van der Waals surface area contributed by atoms with E-state index in [-0.39, 0.29) is 0 Å². The van der Waals surface area contributed by atoms with E-state index in [0.717, 1.165) is 28.4 Å². The maximum Gasteiger partial charge on any atom is 0.133 e. The summed E-state index contributed by atoms with van der Waals surface area (Å²) in [5.41, 5.74) is 3.91. The monoisotopic (exact) mass is 331 g/mol. The van der Waals surface area contributed by atoms with Crippen LogP contribution in [0.3, 0.4) is 0 Å². The highest BCUT2D eigenvalue weighted by atomic mass is 79.9. The molecule has 2 aromatic rings. The van der Waals surface area contributed by atoms with Gasteiger partial charge in [-0.3, -0.25) is 0 Å². The van der Waals surface area contributed by atoms with Crippen molar-refractivity contribution in [3.8, 4) is 5.75 Å². The topological polar surface area (TPSA) is 21.3 Å². The fraction of sp³-hybridized carbons (Fsp3) is 0.294. The van der Waals surface area contributed by atoms with Crippen LogP contribution in [0, 0.1) is 0 Å². The standard InChI is InChI=1S/C17H18BrNO/c1-20-17-8-7-15(10-16(17)18)19-11-12-3-2-4-14(9-12)13-5-6-13/h2-4,7-10,13,19H,5-6,11H2,1H3. The van der Waals surface area contributed by atoms with Crippen molar-refractivity contribution >= 4 is 21.6 Å². The molecule has 1 saturated carbocycles. The van der Waals surface area contributed by atoms with Gasteiger partial charge in [0.05, 0.1) is 11.6 Å². The Kier molecular flexibility index (Phi) is 3.97. The Morgan fingerprint density at radius 1 is 1.20 bits per heavy atom. The molecule has 0 amide bonds. The lowest BCUT2D eigenvalue weighted by Gasteiger charge is -2.10. The molecule has 0 aliphatic heterocycles. The van der Waals surface area contributed by atoms with Crippen molar-refractivity contribution in [3.05, 3.63) is 58.1 Å². The summed E-state index contributed by atoms with van der Waals surface area (Å²) < 4.78 is 6.21. The summed E-state index contributed by atoms with van der Waals surface area (Å²) in [6.45, 7) is 0.847. The van der Waals surface area contributed by atoms with E-state index in [2.05, 4.69) is 45.5 Å². The van der Waals surface area contributed by atoms with Crippen LogP contribution in [0.25, 0.3) is 0 Å². The molecular weight excluding hydrogens is 314 g/mol. The van der Waals surface area contributed by atoms with Crippen LogP contribution in [0.1, 0.15) is 29.9 Å². The molecule has 0 radical (unpaired) electrons. The minimum atomic E-state index is 0.810. The Hall–Kier alpha value is -1.48. The lowest BCUT2D eigenvalue weighted by molar-refractivity contribution is 0.412. The zero-order valence-corrected chi connectivity index (χ0v) is 13.1. The van der Waals surface area contributed by atoms with Crippen molar-refractivity contribution in [3.63, 3.8) is 0 Å². The van der Waals surface area contributed by atoms with E-state index in [1.807, 2.05) is 18.2 Å². The Labute approximate surface area is 128 Å². The van der Waals surface area contributed by atoms with Crippen molar-refractivity contribution in [1.29, 1.82) is 0 Å². The Morgan fingerprint density at radius 2 is 2.05 bits per heavy atom. The smallest absolute Gasteiger partial charge is 0.133 e. The molecule has 1 fully saturated rings. The first-order valence-corrected chi connectivity index (χ1v) is 7.72. The summed E-state index contributed by atoms with van der Waals surface area (Å²) in [5, 5.41) is 3.45. The van der Waals surface area contributed by atoms with Gasteiger partial charge in [0.15, 0.2) is 0 Å². The molecule has 0 unspecified atom stereocenters. The maximum atomic E-state index is 5.24. The van der Waals surface area contributed by atoms with Gasteiger partial charge in [-0.05, 0) is 64.0 Å². The Morgan fingerprint density at radius 3 is 2.75 bits per heavy atom. The van der Waals surface area contributed by atoms with Crippen molar-refractivity contribution in [2.45, 2.75) is 25.3 Å². The van der Waals surface area contributed by atoms with Crippen LogP contribution in [-0.4, -0.2) is 7.11 Å². The summed E-state index contributed by atoms with van der Waals surface area (Å²) in [6.07, 6.45) is 2.70. The van der Waals surface area contributed by atoms with Gasteiger partial charge >= 0.3 is 0 Å². The van der Waals surface area contributed by atoms with Gasteiger partial charge < -0.3 is 10.1 Å². The van der Waals surface area contributed by atoms with Gasteiger partial charge in [0.2, 0.25) is 0 Å². The predicted octanol–water partition coefficient (Wildman–Crippen LogP) is 4.95. The highest BCUT2D eigenvalue weighted by Gasteiger charge is 2.23. The van der Waals surface area contributed by atoms with E-state index in [9.17, 15) is 0 Å². The molecule has 0 saturated heterocycles. The molecule has 1 aliphatic rings. The summed E-state index contributed by atoms with van der Waals surface area (Å²) in [7, 11) is 1.68. The Balaban J connectivity index is 1.66. The van der Waals surface area contributed by atoms with Gasteiger partial charge in [-0.1, -0.05) is 24.3 Å². The number of methoxy groups -OCH3 is 1. The fourth-order valence-corrected chi connectivity index (χ4v) is 2.89. The second kappa shape index (κ2) is 5.88. The zero-order chi connectivity index (χ0) is 13.9. The first-order chi connectivity index (χ1) is 9.76. The third-order valence-corrected chi connectivity index (χ3v) is 4.27. The molecule has 0 aromatic heterocycles. The van der Waals surface area contributed by atoms with E-state index in [1.165, 1.54) is 24.0 Å². The minimum Gasteiger partial charge on any atom is -0.496 e. The second-order valence-corrected chi connectivity index (χ2v) is 6.08. The first-order valence-electron chi connectivity index (χ1n) is 6.92. The van der Waals surface area contributed by atoms with E-state index in [4.69, 9.17) is 4.74 Å². The summed E-state index contributed by atoms with van der Waals surface area (Å²) in [5.74, 6) is 1.66. The lowest BCUT2D eigenvalue weighted by Crippen LogP contribution is -2.00. The normalized spacial score (nSPS) is 14.1. The number of halogens is 1. The van der Waals surface area contributed by atoms with Crippen LogP contribution < -0.4 is 10.1 Å². The quantitative estimate of drug-likeness (QED) is 0.837. The molecule has 104 valence electrons. The average molecular weight is 332 g/mol. The fourth-order valence-electron chi connectivity index (χ4n) is 2.35. The van der Waals surface area contributed by atoms with Gasteiger partial charge in [-0.15, -0.1) is 0 Å². The molecule has 0 atom stereocenters. The molecule has 0 heterocycles. The highest BCUT2D eigenvalue weighted by Crippen LogP contribution is 2.40. The van der Waals surface area contributed by atoms with Gasteiger partial charge in [0.25, 0.3) is 0 Å². The van der Waals surface area contributed by atoms with Crippen molar-refractivity contribution in [2.75, 3.05) is 12.4 Å².